The van der Waals surface area contributed by atoms with Gasteiger partial charge in [-0.15, -0.1) is 0 Å². The number of halogens is 1. The lowest BCUT2D eigenvalue weighted by atomic mass is 10.1. The summed E-state index contributed by atoms with van der Waals surface area (Å²) < 4.78 is 7.15. The van der Waals surface area contributed by atoms with Crippen molar-refractivity contribution in [3.8, 4) is 11.7 Å². The van der Waals surface area contributed by atoms with Gasteiger partial charge in [0.25, 0.3) is 0 Å². The van der Waals surface area contributed by atoms with Gasteiger partial charge in [0.15, 0.2) is 0 Å². The number of aromatic nitrogens is 4. The van der Waals surface area contributed by atoms with Gasteiger partial charge in [0.05, 0.1) is 12.6 Å². The molecule has 0 saturated carbocycles. The van der Waals surface area contributed by atoms with Crippen molar-refractivity contribution < 1.29 is 14.3 Å². The maximum absolute atomic E-state index is 13.0. The summed E-state index contributed by atoms with van der Waals surface area (Å²) in [5, 5.41) is 6.20. The van der Waals surface area contributed by atoms with Crippen LogP contribution in [0, 0.1) is 0 Å². The first kappa shape index (κ1) is 27.2. The summed E-state index contributed by atoms with van der Waals surface area (Å²) in [4.78, 5) is 42.6. The molecular formula is C26H33ClN8O3. The van der Waals surface area contributed by atoms with Crippen LogP contribution in [0.15, 0.2) is 49.1 Å². The normalized spacial score (nSPS) is 15.3. The van der Waals surface area contributed by atoms with Gasteiger partial charge in [0, 0.05) is 57.6 Å². The number of hydrogen-bond donors (Lipinski definition) is 2. The van der Waals surface area contributed by atoms with Gasteiger partial charge >= 0.3 is 6.03 Å². The Morgan fingerprint density at radius 2 is 1.95 bits per heavy atom. The van der Waals surface area contributed by atoms with Crippen molar-refractivity contribution in [1.29, 1.82) is 0 Å². The minimum atomic E-state index is -0.307. The number of urea groups is 1. The Labute approximate surface area is 227 Å². The van der Waals surface area contributed by atoms with Crippen LogP contribution >= 0.6 is 11.6 Å². The molecule has 0 spiro atoms. The molecule has 12 heteroatoms. The zero-order chi connectivity index (χ0) is 26.9. The first-order valence-electron chi connectivity index (χ1n) is 12.8. The van der Waals surface area contributed by atoms with E-state index in [1.165, 1.54) is 0 Å². The molecule has 0 radical (unpaired) electrons. The van der Waals surface area contributed by atoms with Gasteiger partial charge in [-0.25, -0.2) is 14.8 Å². The molecule has 2 N–H and O–H groups in total. The third kappa shape index (κ3) is 7.12. The lowest BCUT2D eigenvalue weighted by Crippen LogP contribution is -2.58. The second-order valence-electron chi connectivity index (χ2n) is 8.90. The van der Waals surface area contributed by atoms with Crippen molar-refractivity contribution in [1.82, 2.24) is 35.1 Å². The third-order valence-corrected chi connectivity index (χ3v) is 6.33. The highest BCUT2D eigenvalue weighted by Crippen LogP contribution is 2.24. The molecular weight excluding hydrogens is 508 g/mol. The topological polar surface area (TPSA) is 118 Å². The van der Waals surface area contributed by atoms with E-state index in [-0.39, 0.29) is 29.6 Å². The minimum absolute atomic E-state index is 0.125. The van der Waals surface area contributed by atoms with Gasteiger partial charge in [0.2, 0.25) is 11.9 Å². The maximum Gasteiger partial charge on any atom is 0.317 e. The highest BCUT2D eigenvalue weighted by atomic mass is 35.5. The molecule has 3 aromatic rings. The second kappa shape index (κ2) is 13.1. The first-order chi connectivity index (χ1) is 18.5. The van der Waals surface area contributed by atoms with Gasteiger partial charge in [-0.1, -0.05) is 30.7 Å². The third-order valence-electron chi connectivity index (χ3n) is 6.14. The summed E-state index contributed by atoms with van der Waals surface area (Å²) in [6.45, 7) is 6.88. The number of amides is 3. The van der Waals surface area contributed by atoms with Crippen LogP contribution in [0.2, 0.25) is 5.15 Å². The monoisotopic (exact) mass is 540 g/mol. The lowest BCUT2D eigenvalue weighted by Gasteiger charge is -2.42. The molecule has 11 nitrogen and oxygen atoms in total. The van der Waals surface area contributed by atoms with Gasteiger partial charge in [-0.05, 0) is 31.0 Å². The summed E-state index contributed by atoms with van der Waals surface area (Å²) in [5.41, 5.74) is 0.968. The number of anilines is 1. The highest BCUT2D eigenvalue weighted by molar-refractivity contribution is 6.29. The van der Waals surface area contributed by atoms with Crippen molar-refractivity contribution in [2.24, 2.45) is 0 Å². The maximum atomic E-state index is 13.0. The van der Waals surface area contributed by atoms with Crippen molar-refractivity contribution in [3.05, 3.63) is 59.8 Å². The molecule has 0 bridgehead atoms. The molecule has 2 aromatic heterocycles. The zero-order valence-electron chi connectivity index (χ0n) is 21.6. The molecule has 1 unspecified atom stereocenters. The van der Waals surface area contributed by atoms with Crippen molar-refractivity contribution in [2.75, 3.05) is 37.7 Å². The molecule has 0 aliphatic carbocycles. The predicted molar refractivity (Wildman–Crippen MR) is 145 cm³/mol. The molecule has 4 rings (SSSR count). The fraction of sp³-hybridized carbons (Fsp3) is 0.423. The summed E-state index contributed by atoms with van der Waals surface area (Å²) in [6, 6.07) is 8.87. The van der Waals surface area contributed by atoms with E-state index in [0.29, 0.717) is 51.1 Å². The minimum Gasteiger partial charge on any atom is -0.494 e. The van der Waals surface area contributed by atoms with Crippen LogP contribution in [0.3, 0.4) is 0 Å². The van der Waals surface area contributed by atoms with Gasteiger partial charge in [0.1, 0.15) is 23.0 Å². The van der Waals surface area contributed by atoms with Crippen LogP contribution in [0.4, 0.5) is 10.6 Å². The van der Waals surface area contributed by atoms with Crippen LogP contribution < -0.4 is 20.3 Å². The number of benzene rings is 1. The SMILES string of the molecule is CCCNC(=O)N1CCN(c2cc(Cl)nc(-n3ccnc3)n2)C(CC(=O)NCc2ccc(OCC)cc2)C1. The Balaban J connectivity index is 1.49. The number of ether oxygens (including phenoxy) is 1. The average molecular weight is 541 g/mol. The molecule has 1 aromatic carbocycles. The van der Waals surface area contributed by atoms with E-state index in [2.05, 4.69) is 25.6 Å². The number of carbonyl (C=O) groups is 2. The van der Waals surface area contributed by atoms with E-state index in [1.807, 2.05) is 43.0 Å². The predicted octanol–water partition coefficient (Wildman–Crippen LogP) is 3.03. The first-order valence-corrected chi connectivity index (χ1v) is 13.1. The summed E-state index contributed by atoms with van der Waals surface area (Å²) in [6.07, 6.45) is 5.99. The van der Waals surface area contributed by atoms with Crippen LogP contribution in [0.5, 0.6) is 5.75 Å². The fourth-order valence-corrected chi connectivity index (χ4v) is 4.42. The fourth-order valence-electron chi connectivity index (χ4n) is 4.25. The number of imidazole rings is 1. The Kier molecular flexibility index (Phi) is 9.36. The van der Waals surface area contributed by atoms with E-state index in [9.17, 15) is 9.59 Å². The lowest BCUT2D eigenvalue weighted by molar-refractivity contribution is -0.121. The van der Waals surface area contributed by atoms with Gasteiger partial charge in [-0.2, -0.15) is 4.98 Å². The Bertz CT molecular complexity index is 1210. The number of carbonyl (C=O) groups excluding carboxylic acids is 2. The Morgan fingerprint density at radius 3 is 2.66 bits per heavy atom. The summed E-state index contributed by atoms with van der Waals surface area (Å²) in [5.74, 6) is 1.64. The number of piperazine rings is 1. The van der Waals surface area contributed by atoms with Gasteiger partial charge < -0.3 is 25.2 Å². The van der Waals surface area contributed by atoms with E-state index < -0.39 is 0 Å². The van der Waals surface area contributed by atoms with E-state index in [4.69, 9.17) is 16.3 Å². The van der Waals surface area contributed by atoms with Crippen LogP contribution in [0.1, 0.15) is 32.3 Å². The average Bonchev–Trinajstić information content (AvgIpc) is 3.46. The number of nitrogens with one attached hydrogen (secondary N) is 2. The molecule has 1 aliphatic heterocycles. The molecule has 1 fully saturated rings. The van der Waals surface area contributed by atoms with Crippen molar-refractivity contribution in [2.45, 2.75) is 39.3 Å². The van der Waals surface area contributed by atoms with E-state index >= 15 is 0 Å². The molecule has 202 valence electrons. The number of rotatable bonds is 10. The molecule has 1 aliphatic rings. The Morgan fingerprint density at radius 1 is 1.13 bits per heavy atom. The number of nitrogens with zero attached hydrogens (tertiary/aromatic N) is 6. The molecule has 1 atom stereocenters. The molecule has 3 amide bonds. The van der Waals surface area contributed by atoms with Gasteiger partial charge in [-0.3, -0.25) is 9.36 Å². The zero-order valence-corrected chi connectivity index (χ0v) is 22.4. The molecule has 1 saturated heterocycles. The Hall–Kier alpha value is -3.86. The second-order valence-corrected chi connectivity index (χ2v) is 9.29. The van der Waals surface area contributed by atoms with Crippen LogP contribution in [0.25, 0.3) is 5.95 Å². The van der Waals surface area contributed by atoms with Crippen LogP contribution in [-0.4, -0.2) is 75.2 Å². The molecule has 38 heavy (non-hydrogen) atoms. The number of hydrogen-bond acceptors (Lipinski definition) is 7. The van der Waals surface area contributed by atoms with Crippen LogP contribution in [-0.2, 0) is 11.3 Å². The van der Waals surface area contributed by atoms with Crippen molar-refractivity contribution in [3.63, 3.8) is 0 Å². The smallest absolute Gasteiger partial charge is 0.317 e. The standard InChI is InChI=1S/C26H33ClN8O3/c1-3-9-29-26(37)33-12-13-35(23-15-22(27)31-25(32-23)34-11-10-28-18-34)20(17-33)14-24(36)30-16-19-5-7-21(8-6-19)38-4-2/h5-8,10-11,15,18,20H,3-4,9,12-14,16-17H2,1-2H3,(H,29,37)(H,30,36). The van der Waals surface area contributed by atoms with E-state index in [0.717, 1.165) is 17.7 Å². The summed E-state index contributed by atoms with van der Waals surface area (Å²) in [7, 11) is 0. The quantitative estimate of drug-likeness (QED) is 0.379. The highest BCUT2D eigenvalue weighted by Gasteiger charge is 2.32. The largest absolute Gasteiger partial charge is 0.494 e. The van der Waals surface area contributed by atoms with Crippen molar-refractivity contribution >= 4 is 29.4 Å². The summed E-state index contributed by atoms with van der Waals surface area (Å²) >= 11 is 6.35. The van der Waals surface area contributed by atoms with E-state index in [1.54, 1.807) is 34.3 Å². The molecule has 3 heterocycles.